The van der Waals surface area contributed by atoms with Gasteiger partial charge in [-0.3, -0.25) is 4.79 Å². The average molecular weight is 320 g/mol. The van der Waals surface area contributed by atoms with Gasteiger partial charge in [-0.2, -0.15) is 0 Å². The highest BCUT2D eigenvalue weighted by atomic mass is 35.5. The van der Waals surface area contributed by atoms with Crippen molar-refractivity contribution < 1.29 is 14.3 Å². The van der Waals surface area contributed by atoms with Crippen LogP contribution in [0, 0.1) is 0 Å². The van der Waals surface area contributed by atoms with Crippen molar-refractivity contribution in [3.8, 4) is 11.5 Å². The molecule has 2 aromatic carbocycles. The molecule has 116 valence electrons. The second kappa shape index (κ2) is 7.71. The molecule has 4 nitrogen and oxygen atoms in total. The molecule has 0 bridgehead atoms. The number of hydrogen-bond donors (Lipinski definition) is 1. The lowest BCUT2D eigenvalue weighted by molar-refractivity contribution is -0.123. The Hall–Kier alpha value is -2.20. The molecule has 5 heteroatoms. The molecular weight excluding hydrogens is 302 g/mol. The van der Waals surface area contributed by atoms with E-state index in [1.165, 1.54) is 0 Å². The van der Waals surface area contributed by atoms with Crippen LogP contribution in [0.5, 0.6) is 11.5 Å². The topological polar surface area (TPSA) is 47.6 Å². The van der Waals surface area contributed by atoms with Gasteiger partial charge in [0.2, 0.25) is 0 Å². The summed E-state index contributed by atoms with van der Waals surface area (Å²) in [4.78, 5) is 12.0. The maximum absolute atomic E-state index is 12.0. The van der Waals surface area contributed by atoms with Gasteiger partial charge in [-0.1, -0.05) is 35.9 Å². The van der Waals surface area contributed by atoms with Crippen LogP contribution in [0.1, 0.15) is 18.5 Å². The van der Waals surface area contributed by atoms with E-state index in [-0.39, 0.29) is 18.6 Å². The van der Waals surface area contributed by atoms with Gasteiger partial charge in [0.25, 0.3) is 5.91 Å². The quantitative estimate of drug-likeness (QED) is 0.885. The first-order valence-corrected chi connectivity index (χ1v) is 7.28. The van der Waals surface area contributed by atoms with Crippen LogP contribution in [0.4, 0.5) is 0 Å². The molecule has 0 saturated carbocycles. The van der Waals surface area contributed by atoms with Crippen LogP contribution in [0.2, 0.25) is 5.02 Å². The fraction of sp³-hybridized carbons (Fsp3) is 0.235. The van der Waals surface area contributed by atoms with Gasteiger partial charge in [-0.25, -0.2) is 0 Å². The zero-order valence-electron chi connectivity index (χ0n) is 12.5. The Morgan fingerprint density at radius 1 is 1.18 bits per heavy atom. The first kappa shape index (κ1) is 16.2. The zero-order chi connectivity index (χ0) is 15.9. The first-order valence-electron chi connectivity index (χ1n) is 6.91. The van der Waals surface area contributed by atoms with E-state index in [0.29, 0.717) is 16.5 Å². The van der Waals surface area contributed by atoms with Crippen LogP contribution < -0.4 is 14.8 Å². The Bertz CT molecular complexity index is 645. The molecule has 0 unspecified atom stereocenters. The fourth-order valence-corrected chi connectivity index (χ4v) is 2.22. The fourth-order valence-electron chi connectivity index (χ4n) is 2.02. The standard InChI is InChI=1S/C17H18ClNO3/c1-12(13-6-5-7-14(18)10-13)19-17(20)11-22-16-9-4-3-8-15(16)21-2/h3-10,12H,11H2,1-2H3,(H,19,20)/t12-/m1/s1. The predicted molar refractivity (Wildman–Crippen MR) is 86.5 cm³/mol. The van der Waals surface area contributed by atoms with Crippen molar-refractivity contribution in [1.29, 1.82) is 0 Å². The molecule has 0 spiro atoms. The number of amides is 1. The van der Waals surface area contributed by atoms with Crippen LogP contribution in [0.15, 0.2) is 48.5 Å². The SMILES string of the molecule is COc1ccccc1OCC(=O)N[C@H](C)c1cccc(Cl)c1. The summed E-state index contributed by atoms with van der Waals surface area (Å²) in [5, 5.41) is 3.51. The van der Waals surface area contributed by atoms with Gasteiger partial charge in [-0.15, -0.1) is 0 Å². The van der Waals surface area contributed by atoms with Crippen molar-refractivity contribution >= 4 is 17.5 Å². The summed E-state index contributed by atoms with van der Waals surface area (Å²) < 4.78 is 10.7. The molecule has 1 N–H and O–H groups in total. The Morgan fingerprint density at radius 2 is 1.91 bits per heavy atom. The summed E-state index contributed by atoms with van der Waals surface area (Å²) in [6.07, 6.45) is 0. The number of halogens is 1. The Balaban J connectivity index is 1.90. The van der Waals surface area contributed by atoms with Gasteiger partial charge in [0, 0.05) is 5.02 Å². The summed E-state index contributed by atoms with van der Waals surface area (Å²) in [7, 11) is 1.56. The van der Waals surface area contributed by atoms with E-state index in [2.05, 4.69) is 5.32 Å². The Kier molecular flexibility index (Phi) is 5.67. The molecule has 2 aromatic rings. The largest absolute Gasteiger partial charge is 0.493 e. The van der Waals surface area contributed by atoms with Gasteiger partial charge in [0.1, 0.15) is 0 Å². The highest BCUT2D eigenvalue weighted by Gasteiger charge is 2.11. The molecule has 2 rings (SSSR count). The summed E-state index contributed by atoms with van der Waals surface area (Å²) in [5.41, 5.74) is 0.943. The maximum Gasteiger partial charge on any atom is 0.258 e. The van der Waals surface area contributed by atoms with E-state index in [0.717, 1.165) is 5.56 Å². The summed E-state index contributed by atoms with van der Waals surface area (Å²) in [5.74, 6) is 0.923. The normalized spacial score (nSPS) is 11.6. The van der Waals surface area contributed by atoms with Gasteiger partial charge >= 0.3 is 0 Å². The van der Waals surface area contributed by atoms with Crippen molar-refractivity contribution in [3.05, 3.63) is 59.1 Å². The van der Waals surface area contributed by atoms with Gasteiger partial charge in [-0.05, 0) is 36.8 Å². The minimum absolute atomic E-state index is 0.0781. The van der Waals surface area contributed by atoms with Crippen molar-refractivity contribution in [2.75, 3.05) is 13.7 Å². The van der Waals surface area contributed by atoms with Crippen LogP contribution in [-0.2, 0) is 4.79 Å². The lowest BCUT2D eigenvalue weighted by atomic mass is 10.1. The van der Waals surface area contributed by atoms with Crippen LogP contribution in [0.3, 0.4) is 0 Å². The van der Waals surface area contributed by atoms with Crippen molar-refractivity contribution in [2.24, 2.45) is 0 Å². The third kappa shape index (κ3) is 4.40. The molecule has 0 aliphatic carbocycles. The van der Waals surface area contributed by atoms with Crippen LogP contribution in [-0.4, -0.2) is 19.6 Å². The first-order chi connectivity index (χ1) is 10.6. The molecule has 22 heavy (non-hydrogen) atoms. The van der Waals surface area contributed by atoms with Gasteiger partial charge in [0.15, 0.2) is 18.1 Å². The molecule has 0 aliphatic heterocycles. The second-order valence-corrected chi connectivity index (χ2v) is 5.22. The molecular formula is C17H18ClNO3. The van der Waals surface area contributed by atoms with E-state index < -0.39 is 0 Å². The highest BCUT2D eigenvalue weighted by Crippen LogP contribution is 2.25. The molecule has 0 aliphatic rings. The lowest BCUT2D eigenvalue weighted by Crippen LogP contribution is -2.31. The Labute approximate surface area is 135 Å². The Morgan fingerprint density at radius 3 is 2.59 bits per heavy atom. The number of para-hydroxylation sites is 2. The highest BCUT2D eigenvalue weighted by molar-refractivity contribution is 6.30. The number of methoxy groups -OCH3 is 1. The summed E-state index contributed by atoms with van der Waals surface area (Å²) in [6, 6.07) is 14.4. The van der Waals surface area contributed by atoms with Crippen molar-refractivity contribution in [3.63, 3.8) is 0 Å². The molecule has 0 heterocycles. The number of rotatable bonds is 6. The van der Waals surface area contributed by atoms with Gasteiger partial charge in [0.05, 0.1) is 13.2 Å². The average Bonchev–Trinajstić information content (AvgIpc) is 2.53. The molecule has 1 atom stereocenters. The van der Waals surface area contributed by atoms with E-state index in [1.54, 1.807) is 25.3 Å². The summed E-state index contributed by atoms with van der Waals surface area (Å²) >= 11 is 5.95. The van der Waals surface area contributed by atoms with Crippen LogP contribution in [0.25, 0.3) is 0 Å². The molecule has 0 aromatic heterocycles. The number of carbonyl (C=O) groups excluding carboxylic acids is 1. The van der Waals surface area contributed by atoms with Gasteiger partial charge < -0.3 is 14.8 Å². The molecule has 0 saturated heterocycles. The summed E-state index contributed by atoms with van der Waals surface area (Å²) in [6.45, 7) is 1.82. The molecule has 0 radical (unpaired) electrons. The minimum atomic E-state index is -0.210. The number of carbonyl (C=O) groups is 1. The monoisotopic (exact) mass is 319 g/mol. The molecule has 1 amide bonds. The number of hydrogen-bond acceptors (Lipinski definition) is 3. The predicted octanol–water partition coefficient (Wildman–Crippen LogP) is 3.60. The third-order valence-electron chi connectivity index (χ3n) is 3.15. The number of nitrogens with one attached hydrogen (secondary N) is 1. The number of benzene rings is 2. The smallest absolute Gasteiger partial charge is 0.258 e. The van der Waals surface area contributed by atoms with Crippen molar-refractivity contribution in [2.45, 2.75) is 13.0 Å². The van der Waals surface area contributed by atoms with E-state index in [1.807, 2.05) is 37.3 Å². The maximum atomic E-state index is 12.0. The number of ether oxygens (including phenoxy) is 2. The molecule has 0 fully saturated rings. The zero-order valence-corrected chi connectivity index (χ0v) is 13.3. The van der Waals surface area contributed by atoms with E-state index in [9.17, 15) is 4.79 Å². The third-order valence-corrected chi connectivity index (χ3v) is 3.39. The minimum Gasteiger partial charge on any atom is -0.493 e. The second-order valence-electron chi connectivity index (χ2n) is 4.78. The van der Waals surface area contributed by atoms with E-state index in [4.69, 9.17) is 21.1 Å². The van der Waals surface area contributed by atoms with Crippen LogP contribution >= 0.6 is 11.6 Å². The van der Waals surface area contributed by atoms with E-state index >= 15 is 0 Å². The lowest BCUT2D eigenvalue weighted by Gasteiger charge is -2.15. The van der Waals surface area contributed by atoms with Crippen molar-refractivity contribution in [1.82, 2.24) is 5.32 Å².